The van der Waals surface area contributed by atoms with Crippen LogP contribution >= 0.6 is 0 Å². The predicted molar refractivity (Wildman–Crippen MR) is 279 cm³/mol. The predicted octanol–water partition coefficient (Wildman–Crippen LogP) is 16.5. The Kier molecular flexibility index (Phi) is 9.43. The third-order valence-corrected chi connectivity index (χ3v) is 13.0. The molecule has 0 amide bonds. The fourth-order valence-electron chi connectivity index (χ4n) is 9.75. The molecule has 3 aromatic heterocycles. The van der Waals surface area contributed by atoms with Crippen LogP contribution in [-0.2, 0) is 0 Å². The summed E-state index contributed by atoms with van der Waals surface area (Å²) in [4.78, 5) is 15.2. The van der Waals surface area contributed by atoms with Crippen molar-refractivity contribution in [2.24, 2.45) is 0 Å². The zero-order valence-corrected chi connectivity index (χ0v) is 36.8. The van der Waals surface area contributed by atoms with E-state index >= 15 is 0 Å². The van der Waals surface area contributed by atoms with Crippen molar-refractivity contribution in [3.8, 4) is 84.4 Å². The largest absolute Gasteiger partial charge is 0.456 e. The second-order valence-electron chi connectivity index (χ2n) is 17.2. The van der Waals surface area contributed by atoms with E-state index in [1.165, 1.54) is 38.6 Å². The van der Waals surface area contributed by atoms with Gasteiger partial charge in [0.05, 0.1) is 11.0 Å². The van der Waals surface area contributed by atoms with Crippen LogP contribution in [0, 0.1) is 0 Å². The summed E-state index contributed by atoms with van der Waals surface area (Å²) in [5.74, 6) is 1.82. The fraction of sp³-hybridized carbons (Fsp3) is 0. The minimum atomic E-state index is 0.590. The van der Waals surface area contributed by atoms with Gasteiger partial charge in [-0.25, -0.2) is 15.0 Å². The van der Waals surface area contributed by atoms with Crippen LogP contribution in [0.3, 0.4) is 0 Å². The normalized spacial score (nSPS) is 11.5. The zero-order chi connectivity index (χ0) is 45.0. The van der Waals surface area contributed by atoms with Crippen LogP contribution in [0.2, 0.25) is 0 Å². The highest BCUT2D eigenvalue weighted by Gasteiger charge is 2.20. The summed E-state index contributed by atoms with van der Waals surface area (Å²) in [6.45, 7) is 0. The number of hydrogen-bond donors (Lipinski definition) is 0. The van der Waals surface area contributed by atoms with Gasteiger partial charge in [-0.15, -0.1) is 0 Å². The first-order valence-corrected chi connectivity index (χ1v) is 22.9. The molecule has 0 saturated carbocycles. The summed E-state index contributed by atoms with van der Waals surface area (Å²) in [5, 5.41) is 4.32. The average Bonchev–Trinajstić information content (AvgIpc) is 3.97. The molecule has 0 aliphatic rings. The van der Waals surface area contributed by atoms with Crippen molar-refractivity contribution in [1.82, 2.24) is 19.5 Å². The van der Waals surface area contributed by atoms with Gasteiger partial charge in [-0.1, -0.05) is 170 Å². The molecular formula is C63H40N4O. The van der Waals surface area contributed by atoms with E-state index in [2.05, 4.69) is 174 Å². The number of rotatable bonds is 8. The molecule has 0 unspecified atom stereocenters. The summed E-state index contributed by atoms with van der Waals surface area (Å²) in [6, 6.07) is 85.6. The quantitative estimate of drug-likeness (QED) is 0.153. The summed E-state index contributed by atoms with van der Waals surface area (Å²) in [5.41, 5.74) is 17.0. The van der Waals surface area contributed by atoms with Gasteiger partial charge in [0.1, 0.15) is 11.2 Å². The maximum absolute atomic E-state index is 6.57. The molecule has 3 heterocycles. The molecule has 0 N–H and O–H groups in total. The number of benzene rings is 10. The molecule has 318 valence electrons. The monoisotopic (exact) mass is 868 g/mol. The van der Waals surface area contributed by atoms with Crippen LogP contribution in [0.5, 0.6) is 0 Å². The minimum Gasteiger partial charge on any atom is -0.456 e. The molecule has 0 radical (unpaired) electrons. The van der Waals surface area contributed by atoms with Crippen molar-refractivity contribution in [1.29, 1.82) is 0 Å². The Labute approximate surface area is 392 Å². The first-order chi connectivity index (χ1) is 33.7. The molecular weight excluding hydrogens is 829 g/mol. The molecule has 0 saturated heterocycles. The molecule has 0 bridgehead atoms. The maximum Gasteiger partial charge on any atom is 0.164 e. The molecule has 68 heavy (non-hydrogen) atoms. The molecule has 0 atom stereocenters. The van der Waals surface area contributed by atoms with Crippen molar-refractivity contribution >= 4 is 43.7 Å². The third kappa shape index (κ3) is 6.93. The van der Waals surface area contributed by atoms with Crippen LogP contribution in [-0.4, -0.2) is 19.5 Å². The van der Waals surface area contributed by atoms with Crippen molar-refractivity contribution < 1.29 is 4.42 Å². The number of hydrogen-bond acceptors (Lipinski definition) is 4. The number of aromatic nitrogens is 4. The van der Waals surface area contributed by atoms with E-state index in [0.29, 0.717) is 17.5 Å². The molecule has 5 nitrogen and oxygen atoms in total. The van der Waals surface area contributed by atoms with E-state index in [-0.39, 0.29) is 0 Å². The first-order valence-electron chi connectivity index (χ1n) is 22.9. The smallest absolute Gasteiger partial charge is 0.164 e. The molecule has 13 aromatic rings. The van der Waals surface area contributed by atoms with Gasteiger partial charge >= 0.3 is 0 Å². The summed E-state index contributed by atoms with van der Waals surface area (Å²) >= 11 is 0. The number of para-hydroxylation sites is 1. The van der Waals surface area contributed by atoms with Gasteiger partial charge in [-0.3, -0.25) is 0 Å². The highest BCUT2D eigenvalue weighted by atomic mass is 16.3. The summed E-state index contributed by atoms with van der Waals surface area (Å²) < 4.78 is 8.95. The summed E-state index contributed by atoms with van der Waals surface area (Å²) in [7, 11) is 0. The van der Waals surface area contributed by atoms with Crippen LogP contribution in [0.4, 0.5) is 0 Å². The summed E-state index contributed by atoms with van der Waals surface area (Å²) in [6.07, 6.45) is 0. The molecule has 0 aliphatic heterocycles. The second-order valence-corrected chi connectivity index (χ2v) is 17.2. The molecule has 0 spiro atoms. The van der Waals surface area contributed by atoms with E-state index in [1.807, 2.05) is 72.8 Å². The van der Waals surface area contributed by atoms with Gasteiger partial charge in [0.25, 0.3) is 0 Å². The molecule has 10 aromatic carbocycles. The van der Waals surface area contributed by atoms with Crippen molar-refractivity contribution in [2.45, 2.75) is 0 Å². The van der Waals surface area contributed by atoms with E-state index < -0.39 is 0 Å². The number of nitrogens with zero attached hydrogens (tertiary/aromatic N) is 4. The lowest BCUT2D eigenvalue weighted by Gasteiger charge is -2.12. The Morgan fingerprint density at radius 1 is 0.279 bits per heavy atom. The number of fused-ring (bicyclic) bond motifs is 6. The van der Waals surface area contributed by atoms with Gasteiger partial charge < -0.3 is 8.98 Å². The van der Waals surface area contributed by atoms with Crippen LogP contribution < -0.4 is 0 Å². The van der Waals surface area contributed by atoms with Crippen LogP contribution in [0.15, 0.2) is 247 Å². The van der Waals surface area contributed by atoms with Crippen LogP contribution in [0.1, 0.15) is 0 Å². The van der Waals surface area contributed by atoms with E-state index in [0.717, 1.165) is 72.0 Å². The third-order valence-electron chi connectivity index (χ3n) is 13.0. The highest BCUT2D eigenvalue weighted by Crippen LogP contribution is 2.42. The Balaban J connectivity index is 0.982. The topological polar surface area (TPSA) is 56.7 Å². The first kappa shape index (κ1) is 39.2. The molecule has 0 fully saturated rings. The molecule has 13 rings (SSSR count). The average molecular weight is 869 g/mol. The van der Waals surface area contributed by atoms with Crippen molar-refractivity contribution in [2.75, 3.05) is 0 Å². The zero-order valence-electron chi connectivity index (χ0n) is 36.8. The van der Waals surface area contributed by atoms with Gasteiger partial charge in [0.2, 0.25) is 0 Å². The molecule has 0 aliphatic carbocycles. The fourth-order valence-corrected chi connectivity index (χ4v) is 9.75. The van der Waals surface area contributed by atoms with Gasteiger partial charge in [0.15, 0.2) is 17.5 Å². The van der Waals surface area contributed by atoms with Crippen LogP contribution in [0.25, 0.3) is 128 Å². The SMILES string of the molecule is c1ccc(-c2cc(-c3ccccc3)cc(-c3ccc4c(c3)c3cc(-c5ccc6oc7cccc(-c8nc(-c9ccccc9)nc(-c9ccccc9)n8)c7c6c5)ccc3n4-c3ccccc3)c2)cc1. The Hall–Kier alpha value is -9.19. The lowest BCUT2D eigenvalue weighted by Crippen LogP contribution is -2.00. The molecule has 5 heteroatoms. The van der Waals surface area contributed by atoms with Crippen molar-refractivity contribution in [3.05, 3.63) is 243 Å². The van der Waals surface area contributed by atoms with Gasteiger partial charge in [-0.05, 0) is 117 Å². The minimum absolute atomic E-state index is 0.590. The van der Waals surface area contributed by atoms with Crippen molar-refractivity contribution in [3.63, 3.8) is 0 Å². The number of furan rings is 1. The maximum atomic E-state index is 6.57. The Morgan fingerprint density at radius 2 is 0.706 bits per heavy atom. The van der Waals surface area contributed by atoms with E-state index in [9.17, 15) is 0 Å². The lowest BCUT2D eigenvalue weighted by molar-refractivity contribution is 0.669. The highest BCUT2D eigenvalue weighted by molar-refractivity contribution is 6.14. The second kappa shape index (κ2) is 16.4. The van der Waals surface area contributed by atoms with Gasteiger partial charge in [-0.2, -0.15) is 0 Å². The lowest BCUT2D eigenvalue weighted by atomic mass is 9.92. The Morgan fingerprint density at radius 3 is 1.24 bits per heavy atom. The Bertz CT molecular complexity index is 3880. The van der Waals surface area contributed by atoms with E-state index in [4.69, 9.17) is 19.4 Å². The van der Waals surface area contributed by atoms with E-state index in [1.54, 1.807) is 0 Å². The standard InChI is InChI=1S/C63H40N4O/c1-6-17-41(18-7-1)48-35-49(42-19-8-2-9-20-42)37-50(36-48)47-30-33-57-54(39-47)53-38-45(29-32-56(53)67(57)51-25-14-5-15-26-51)46-31-34-58-55(40-46)60-52(27-16-28-59(60)68-58)63-65-61(43-21-10-3-11-22-43)64-62(66-63)44-23-12-4-13-24-44/h1-40H. The van der Waals surface area contributed by atoms with Gasteiger partial charge in [0, 0.05) is 43.9 Å².